The fraction of sp³-hybridized carbons (Fsp3) is 0.529. The van der Waals surface area contributed by atoms with Crippen molar-refractivity contribution in [3.8, 4) is 0 Å². The minimum Gasteiger partial charge on any atom is -0.0851 e. The Morgan fingerprint density at radius 3 is 2.22 bits per heavy atom. The fourth-order valence-corrected chi connectivity index (χ4v) is 10.1. The van der Waals surface area contributed by atoms with Gasteiger partial charge >= 0.3 is 0 Å². The molecule has 1 saturated carbocycles. The summed E-state index contributed by atoms with van der Waals surface area (Å²) in [6, 6.07) is 14.3. The molecule has 1 heteroatoms. The Balaban J connectivity index is 1.99. The molecule has 3 rings (SSSR count). The number of allylic oxidation sites excluding steroid dienone is 2. The lowest BCUT2D eigenvalue weighted by Crippen LogP contribution is -2.51. The molecule has 0 nitrogen and oxygen atoms in total. The average Bonchev–Trinajstić information content (AvgIpc) is 3.05. The lowest BCUT2D eigenvalue weighted by Gasteiger charge is -2.39. The van der Waals surface area contributed by atoms with Gasteiger partial charge in [-0.25, -0.2) is 0 Å². The fourth-order valence-electron chi connectivity index (χ4n) is 4.58. The van der Waals surface area contributed by atoms with E-state index in [2.05, 4.69) is 56.3 Å². The van der Waals surface area contributed by atoms with Crippen molar-refractivity contribution >= 4 is 13.3 Å². The molecule has 0 N–H and O–H groups in total. The number of fused-ring (bicyclic) bond motifs is 2. The van der Waals surface area contributed by atoms with Crippen molar-refractivity contribution in [2.24, 2.45) is 11.8 Å². The van der Waals surface area contributed by atoms with Crippen LogP contribution in [0.1, 0.15) is 26.7 Å². The highest BCUT2D eigenvalue weighted by atomic mass is 28.3. The molecule has 2 bridgehead atoms. The predicted octanol–water partition coefficient (Wildman–Crippen LogP) is 4.35. The Kier molecular flexibility index (Phi) is 3.19. The number of benzene rings is 1. The summed E-state index contributed by atoms with van der Waals surface area (Å²) in [5.74, 6) is 1.82. The standard InChI is InChI=1S/C17H24Si/c1-3-18(4-2,16-8-6-5-7-9-16)17-13-14-10-11-15(17)12-14/h5-11,14-15,17H,3-4,12-13H2,1-2H3. The number of rotatable bonds is 4. The number of hydrogen-bond acceptors (Lipinski definition) is 0. The van der Waals surface area contributed by atoms with Gasteiger partial charge in [0.15, 0.2) is 0 Å². The van der Waals surface area contributed by atoms with E-state index in [-0.39, 0.29) is 0 Å². The van der Waals surface area contributed by atoms with Gasteiger partial charge < -0.3 is 0 Å². The molecule has 1 aromatic rings. The van der Waals surface area contributed by atoms with Crippen LogP contribution in [0.25, 0.3) is 0 Å². The molecule has 3 unspecified atom stereocenters. The van der Waals surface area contributed by atoms with Crippen LogP contribution in [-0.4, -0.2) is 8.07 Å². The summed E-state index contributed by atoms with van der Waals surface area (Å²) in [6.45, 7) is 4.89. The summed E-state index contributed by atoms with van der Waals surface area (Å²) < 4.78 is 0. The second-order valence-corrected chi connectivity index (χ2v) is 11.2. The summed E-state index contributed by atoms with van der Waals surface area (Å²) in [6.07, 6.45) is 7.95. The van der Waals surface area contributed by atoms with Gasteiger partial charge in [-0.15, -0.1) is 0 Å². The van der Waals surface area contributed by atoms with E-state index in [0.717, 1.165) is 17.4 Å². The van der Waals surface area contributed by atoms with Crippen molar-refractivity contribution < 1.29 is 0 Å². The van der Waals surface area contributed by atoms with Crippen LogP contribution in [0.15, 0.2) is 42.5 Å². The van der Waals surface area contributed by atoms with E-state index in [4.69, 9.17) is 0 Å². The van der Waals surface area contributed by atoms with Crippen molar-refractivity contribution in [2.75, 3.05) is 0 Å². The molecular formula is C17H24Si. The van der Waals surface area contributed by atoms with Crippen molar-refractivity contribution in [1.82, 2.24) is 0 Å². The van der Waals surface area contributed by atoms with Crippen molar-refractivity contribution in [2.45, 2.75) is 44.3 Å². The quantitative estimate of drug-likeness (QED) is 0.555. The van der Waals surface area contributed by atoms with E-state index in [1.807, 2.05) is 0 Å². The normalized spacial score (nSPS) is 30.0. The van der Waals surface area contributed by atoms with Gasteiger partial charge in [0, 0.05) is 0 Å². The summed E-state index contributed by atoms with van der Waals surface area (Å²) in [4.78, 5) is 0. The van der Waals surface area contributed by atoms with Crippen LogP contribution >= 0.6 is 0 Å². The zero-order valence-corrected chi connectivity index (χ0v) is 12.6. The minimum atomic E-state index is -1.29. The van der Waals surface area contributed by atoms with E-state index in [0.29, 0.717) is 0 Å². The zero-order valence-electron chi connectivity index (χ0n) is 11.6. The van der Waals surface area contributed by atoms with Crippen molar-refractivity contribution in [3.63, 3.8) is 0 Å². The third-order valence-electron chi connectivity index (χ3n) is 5.60. The molecule has 0 saturated heterocycles. The van der Waals surface area contributed by atoms with Crippen LogP contribution in [0.2, 0.25) is 17.6 Å². The topological polar surface area (TPSA) is 0 Å². The van der Waals surface area contributed by atoms with E-state index in [1.165, 1.54) is 24.9 Å². The molecule has 0 aromatic heterocycles. The van der Waals surface area contributed by atoms with Crippen LogP contribution < -0.4 is 5.19 Å². The molecule has 2 aliphatic rings. The molecule has 0 spiro atoms. The highest BCUT2D eigenvalue weighted by Gasteiger charge is 2.48. The van der Waals surface area contributed by atoms with Gasteiger partial charge in [-0.05, 0) is 30.2 Å². The van der Waals surface area contributed by atoms with Crippen LogP contribution in [0.3, 0.4) is 0 Å². The largest absolute Gasteiger partial charge is 0.0898 e. The monoisotopic (exact) mass is 256 g/mol. The van der Waals surface area contributed by atoms with Crippen molar-refractivity contribution in [1.29, 1.82) is 0 Å². The van der Waals surface area contributed by atoms with E-state index >= 15 is 0 Å². The maximum atomic E-state index is 2.54. The molecule has 3 atom stereocenters. The van der Waals surface area contributed by atoms with Gasteiger partial charge in [0.25, 0.3) is 0 Å². The van der Waals surface area contributed by atoms with Crippen LogP contribution in [0.4, 0.5) is 0 Å². The van der Waals surface area contributed by atoms with Gasteiger partial charge in [-0.1, -0.05) is 73.6 Å². The van der Waals surface area contributed by atoms with E-state index in [1.54, 1.807) is 5.19 Å². The molecule has 0 heterocycles. The van der Waals surface area contributed by atoms with Gasteiger partial charge in [-0.2, -0.15) is 0 Å². The number of hydrogen-bond donors (Lipinski definition) is 0. The second kappa shape index (κ2) is 4.69. The van der Waals surface area contributed by atoms with E-state index < -0.39 is 8.07 Å². The predicted molar refractivity (Wildman–Crippen MR) is 81.9 cm³/mol. The first kappa shape index (κ1) is 12.2. The lowest BCUT2D eigenvalue weighted by atomic mass is 10.1. The molecule has 1 aromatic carbocycles. The summed E-state index contributed by atoms with van der Waals surface area (Å²) in [7, 11) is -1.29. The van der Waals surface area contributed by atoms with Crippen molar-refractivity contribution in [3.05, 3.63) is 42.5 Å². The van der Waals surface area contributed by atoms with Crippen LogP contribution in [0, 0.1) is 11.8 Å². The minimum absolute atomic E-state index is 0.904. The first-order valence-electron chi connectivity index (χ1n) is 7.54. The summed E-state index contributed by atoms with van der Waals surface area (Å²) >= 11 is 0. The summed E-state index contributed by atoms with van der Waals surface area (Å²) in [5, 5.41) is 1.71. The maximum absolute atomic E-state index is 2.54. The first-order chi connectivity index (χ1) is 8.80. The Morgan fingerprint density at radius 1 is 1.00 bits per heavy atom. The average molecular weight is 256 g/mol. The Hall–Kier alpha value is -0.823. The molecule has 2 aliphatic carbocycles. The Morgan fingerprint density at radius 2 is 1.72 bits per heavy atom. The van der Waals surface area contributed by atoms with Gasteiger partial charge in [-0.3, -0.25) is 0 Å². The molecule has 0 amide bonds. The van der Waals surface area contributed by atoms with Gasteiger partial charge in [0.1, 0.15) is 0 Å². The zero-order chi connectivity index (χ0) is 12.6. The molecular weight excluding hydrogens is 232 g/mol. The van der Waals surface area contributed by atoms with Gasteiger partial charge in [0.2, 0.25) is 0 Å². The Bertz CT molecular complexity index is 430. The van der Waals surface area contributed by atoms with Gasteiger partial charge in [0.05, 0.1) is 8.07 Å². The second-order valence-electron chi connectivity index (χ2n) is 6.12. The maximum Gasteiger partial charge on any atom is 0.0898 e. The van der Waals surface area contributed by atoms with E-state index in [9.17, 15) is 0 Å². The summed E-state index contributed by atoms with van der Waals surface area (Å²) in [5.41, 5.74) is 1.00. The molecule has 18 heavy (non-hydrogen) atoms. The first-order valence-corrected chi connectivity index (χ1v) is 10.0. The smallest absolute Gasteiger partial charge is 0.0851 e. The molecule has 0 radical (unpaired) electrons. The van der Waals surface area contributed by atoms with Crippen LogP contribution in [-0.2, 0) is 0 Å². The molecule has 1 fully saturated rings. The SMILES string of the molecule is CC[Si](CC)(c1ccccc1)C1CC2C=CC1C2. The molecule has 0 aliphatic heterocycles. The lowest BCUT2D eigenvalue weighted by molar-refractivity contribution is 0.669. The highest BCUT2D eigenvalue weighted by molar-refractivity contribution is 6.93. The van der Waals surface area contributed by atoms with Crippen LogP contribution in [0.5, 0.6) is 0 Å². The highest BCUT2D eigenvalue weighted by Crippen LogP contribution is 2.53. The molecule has 96 valence electrons. The third kappa shape index (κ3) is 1.71. The Labute approximate surface area is 112 Å². The third-order valence-corrected chi connectivity index (χ3v) is 11.7.